The molecule has 0 atom stereocenters. The van der Waals surface area contributed by atoms with Gasteiger partial charge in [0, 0.05) is 22.5 Å². The summed E-state index contributed by atoms with van der Waals surface area (Å²) in [5, 5.41) is 9.48. The SMILES string of the molecule is CCOC(=O)c1[nH]c2ccccc2c1C=CC(=O)O. The average molecular weight is 259 g/mol. The first-order valence-corrected chi connectivity index (χ1v) is 5.82. The molecule has 1 aromatic heterocycles. The minimum absolute atomic E-state index is 0.260. The van der Waals surface area contributed by atoms with Gasteiger partial charge in [-0.15, -0.1) is 0 Å². The summed E-state index contributed by atoms with van der Waals surface area (Å²) in [6, 6.07) is 7.29. The zero-order valence-corrected chi connectivity index (χ0v) is 10.3. The van der Waals surface area contributed by atoms with E-state index in [0.29, 0.717) is 5.56 Å². The van der Waals surface area contributed by atoms with E-state index in [1.165, 1.54) is 6.08 Å². The Bertz CT molecular complexity index is 655. The van der Waals surface area contributed by atoms with Crippen LogP contribution in [0.15, 0.2) is 30.3 Å². The highest BCUT2D eigenvalue weighted by atomic mass is 16.5. The number of aromatic nitrogens is 1. The van der Waals surface area contributed by atoms with Crippen molar-refractivity contribution in [2.24, 2.45) is 0 Å². The second-order valence-corrected chi connectivity index (χ2v) is 3.85. The van der Waals surface area contributed by atoms with Gasteiger partial charge in [0.05, 0.1) is 6.61 Å². The van der Waals surface area contributed by atoms with E-state index in [2.05, 4.69) is 4.98 Å². The molecular formula is C14H13NO4. The van der Waals surface area contributed by atoms with Crippen LogP contribution in [0.4, 0.5) is 0 Å². The molecule has 0 saturated heterocycles. The molecule has 0 aliphatic rings. The summed E-state index contributed by atoms with van der Waals surface area (Å²) in [4.78, 5) is 25.4. The van der Waals surface area contributed by atoms with Crippen molar-refractivity contribution in [2.75, 3.05) is 6.61 Å². The summed E-state index contributed by atoms with van der Waals surface area (Å²) in [6.45, 7) is 1.98. The zero-order chi connectivity index (χ0) is 13.8. The largest absolute Gasteiger partial charge is 0.478 e. The molecule has 1 aromatic carbocycles. The Morgan fingerprint density at radius 3 is 2.79 bits per heavy atom. The second-order valence-electron chi connectivity index (χ2n) is 3.85. The smallest absolute Gasteiger partial charge is 0.355 e. The molecule has 0 amide bonds. The van der Waals surface area contributed by atoms with E-state index in [9.17, 15) is 9.59 Å². The first-order valence-electron chi connectivity index (χ1n) is 5.82. The van der Waals surface area contributed by atoms with Crippen LogP contribution in [0, 0.1) is 0 Å². The standard InChI is InChI=1S/C14H13NO4/c1-2-19-14(18)13-10(7-8-12(16)17)9-5-3-4-6-11(9)15-13/h3-8,15H,2H2,1H3,(H,16,17). The lowest BCUT2D eigenvalue weighted by Gasteiger charge is -2.00. The van der Waals surface area contributed by atoms with E-state index in [0.717, 1.165) is 17.0 Å². The van der Waals surface area contributed by atoms with Crippen molar-refractivity contribution in [3.05, 3.63) is 41.6 Å². The van der Waals surface area contributed by atoms with Crippen molar-refractivity contribution >= 4 is 28.9 Å². The first kappa shape index (κ1) is 12.9. The summed E-state index contributed by atoms with van der Waals surface area (Å²) in [5.41, 5.74) is 1.55. The number of esters is 1. The van der Waals surface area contributed by atoms with E-state index in [1.807, 2.05) is 24.3 Å². The van der Waals surface area contributed by atoms with Crippen LogP contribution in [-0.4, -0.2) is 28.6 Å². The molecule has 2 aromatic rings. The van der Waals surface area contributed by atoms with E-state index in [1.54, 1.807) is 6.92 Å². The number of ether oxygens (including phenoxy) is 1. The van der Waals surface area contributed by atoms with Crippen LogP contribution >= 0.6 is 0 Å². The highest BCUT2D eigenvalue weighted by Gasteiger charge is 2.16. The molecule has 2 rings (SSSR count). The molecule has 5 nitrogen and oxygen atoms in total. The lowest BCUT2D eigenvalue weighted by atomic mass is 10.1. The van der Waals surface area contributed by atoms with Gasteiger partial charge in [-0.25, -0.2) is 9.59 Å². The number of carbonyl (C=O) groups excluding carboxylic acids is 1. The Balaban J connectivity index is 2.58. The Morgan fingerprint density at radius 1 is 1.37 bits per heavy atom. The van der Waals surface area contributed by atoms with E-state index in [4.69, 9.17) is 9.84 Å². The van der Waals surface area contributed by atoms with Crippen LogP contribution in [0.3, 0.4) is 0 Å². The predicted octanol–water partition coefficient (Wildman–Crippen LogP) is 2.44. The fourth-order valence-corrected chi connectivity index (χ4v) is 1.86. The third-order valence-corrected chi connectivity index (χ3v) is 2.62. The average Bonchev–Trinajstić information content (AvgIpc) is 2.75. The number of carboxylic acid groups (broad SMARTS) is 1. The van der Waals surface area contributed by atoms with Gasteiger partial charge in [0.1, 0.15) is 5.69 Å². The van der Waals surface area contributed by atoms with Gasteiger partial charge in [-0.1, -0.05) is 18.2 Å². The molecule has 0 spiro atoms. The number of nitrogens with one attached hydrogen (secondary N) is 1. The van der Waals surface area contributed by atoms with Crippen LogP contribution in [0.5, 0.6) is 0 Å². The number of carbonyl (C=O) groups is 2. The molecule has 1 heterocycles. The van der Waals surface area contributed by atoms with Crippen molar-refractivity contribution in [3.8, 4) is 0 Å². The van der Waals surface area contributed by atoms with Crippen molar-refractivity contribution in [3.63, 3.8) is 0 Å². The molecule has 0 aliphatic carbocycles. The van der Waals surface area contributed by atoms with E-state index < -0.39 is 11.9 Å². The summed E-state index contributed by atoms with van der Waals surface area (Å²) in [7, 11) is 0. The Labute approximate surface area is 109 Å². The molecule has 0 fully saturated rings. The van der Waals surface area contributed by atoms with Gasteiger partial charge < -0.3 is 14.8 Å². The minimum atomic E-state index is -1.07. The zero-order valence-electron chi connectivity index (χ0n) is 10.3. The lowest BCUT2D eigenvalue weighted by molar-refractivity contribution is -0.131. The molecule has 5 heteroatoms. The third-order valence-electron chi connectivity index (χ3n) is 2.62. The predicted molar refractivity (Wildman–Crippen MR) is 70.9 cm³/mol. The fourth-order valence-electron chi connectivity index (χ4n) is 1.86. The number of aliphatic carboxylic acids is 1. The van der Waals surface area contributed by atoms with Gasteiger partial charge in [-0.3, -0.25) is 0 Å². The van der Waals surface area contributed by atoms with Crippen LogP contribution in [0.1, 0.15) is 23.0 Å². The molecule has 0 radical (unpaired) electrons. The minimum Gasteiger partial charge on any atom is -0.478 e. The van der Waals surface area contributed by atoms with Gasteiger partial charge in [-0.05, 0) is 19.1 Å². The van der Waals surface area contributed by atoms with Crippen LogP contribution in [0.2, 0.25) is 0 Å². The lowest BCUT2D eigenvalue weighted by Crippen LogP contribution is -2.06. The number of H-pyrrole nitrogens is 1. The van der Waals surface area contributed by atoms with Gasteiger partial charge in [0.2, 0.25) is 0 Å². The summed E-state index contributed by atoms with van der Waals surface area (Å²) in [5.74, 6) is -1.57. The topological polar surface area (TPSA) is 79.4 Å². The Kier molecular flexibility index (Phi) is 3.66. The quantitative estimate of drug-likeness (QED) is 0.653. The van der Waals surface area contributed by atoms with E-state index in [-0.39, 0.29) is 12.3 Å². The molecule has 0 unspecified atom stereocenters. The second kappa shape index (κ2) is 5.39. The number of rotatable bonds is 4. The van der Waals surface area contributed by atoms with Gasteiger partial charge >= 0.3 is 11.9 Å². The Morgan fingerprint density at radius 2 is 2.11 bits per heavy atom. The van der Waals surface area contributed by atoms with Crippen LogP contribution < -0.4 is 0 Å². The van der Waals surface area contributed by atoms with Crippen molar-refractivity contribution in [1.29, 1.82) is 0 Å². The molecular weight excluding hydrogens is 246 g/mol. The van der Waals surface area contributed by atoms with Crippen LogP contribution in [-0.2, 0) is 9.53 Å². The number of carboxylic acids is 1. The summed E-state index contributed by atoms with van der Waals surface area (Å²) >= 11 is 0. The monoisotopic (exact) mass is 259 g/mol. The van der Waals surface area contributed by atoms with Crippen LogP contribution in [0.25, 0.3) is 17.0 Å². The number of para-hydroxylation sites is 1. The molecule has 0 bridgehead atoms. The maximum absolute atomic E-state index is 11.8. The number of hydrogen-bond acceptors (Lipinski definition) is 3. The molecule has 19 heavy (non-hydrogen) atoms. The number of aromatic amines is 1. The molecule has 0 aliphatic heterocycles. The highest BCUT2D eigenvalue weighted by molar-refractivity contribution is 6.03. The molecule has 98 valence electrons. The maximum atomic E-state index is 11.8. The normalized spacial score (nSPS) is 11.0. The fraction of sp³-hybridized carbons (Fsp3) is 0.143. The van der Waals surface area contributed by atoms with Crippen molar-refractivity contribution < 1.29 is 19.4 Å². The Hall–Kier alpha value is -2.56. The number of fused-ring (bicyclic) bond motifs is 1. The molecule has 0 saturated carbocycles. The van der Waals surface area contributed by atoms with E-state index >= 15 is 0 Å². The number of hydrogen-bond donors (Lipinski definition) is 2. The van der Waals surface area contributed by atoms with Gasteiger partial charge in [0.15, 0.2) is 0 Å². The number of benzene rings is 1. The first-order chi connectivity index (χ1) is 9.13. The summed E-state index contributed by atoms with van der Waals surface area (Å²) < 4.78 is 4.95. The van der Waals surface area contributed by atoms with Crippen molar-refractivity contribution in [2.45, 2.75) is 6.92 Å². The summed E-state index contributed by atoms with van der Waals surface area (Å²) in [6.07, 6.45) is 2.39. The maximum Gasteiger partial charge on any atom is 0.355 e. The van der Waals surface area contributed by atoms with Gasteiger partial charge in [0.25, 0.3) is 0 Å². The van der Waals surface area contributed by atoms with Gasteiger partial charge in [-0.2, -0.15) is 0 Å². The third kappa shape index (κ3) is 2.65. The molecule has 2 N–H and O–H groups in total. The van der Waals surface area contributed by atoms with Crippen molar-refractivity contribution in [1.82, 2.24) is 4.98 Å². The highest BCUT2D eigenvalue weighted by Crippen LogP contribution is 2.24.